The zero-order valence-electron chi connectivity index (χ0n) is 17.0. The van der Waals surface area contributed by atoms with E-state index in [9.17, 15) is 0 Å². The Labute approximate surface area is 166 Å². The van der Waals surface area contributed by atoms with Crippen molar-refractivity contribution in [2.45, 2.75) is 129 Å². The molecule has 0 spiro atoms. The summed E-state index contributed by atoms with van der Waals surface area (Å²) in [6.07, 6.45) is 25.4. The Morgan fingerprint density at radius 2 is 0.542 bits per heavy atom. The predicted octanol–water partition coefficient (Wildman–Crippen LogP) is 8.89. The average molecular weight is 377 g/mol. The van der Waals surface area contributed by atoms with E-state index in [2.05, 4.69) is 39.1 Å². The predicted molar refractivity (Wildman–Crippen MR) is 122 cm³/mol. The van der Waals surface area contributed by atoms with Gasteiger partial charge in [-0.2, -0.15) is 25.3 Å². The van der Waals surface area contributed by atoms with Crippen LogP contribution in [0.1, 0.15) is 129 Å². The van der Waals surface area contributed by atoms with Crippen LogP contribution in [0.4, 0.5) is 0 Å². The second-order valence-corrected chi connectivity index (χ2v) is 8.00. The van der Waals surface area contributed by atoms with Gasteiger partial charge in [-0.1, -0.05) is 117 Å². The zero-order chi connectivity index (χ0) is 18.1. The van der Waals surface area contributed by atoms with Gasteiger partial charge in [-0.05, 0) is 24.3 Å². The van der Waals surface area contributed by atoms with E-state index in [4.69, 9.17) is 0 Å². The second-order valence-electron chi connectivity index (χ2n) is 7.10. The molecule has 0 unspecified atom stereocenters. The van der Waals surface area contributed by atoms with Crippen molar-refractivity contribution >= 4 is 25.3 Å². The molecule has 0 amide bonds. The first kappa shape index (κ1) is 26.9. The fourth-order valence-corrected chi connectivity index (χ4v) is 3.29. The molecule has 0 aromatic rings. The highest BCUT2D eigenvalue weighted by atomic mass is 32.1. The highest BCUT2D eigenvalue weighted by Crippen LogP contribution is 2.10. The van der Waals surface area contributed by atoms with Crippen LogP contribution in [0.5, 0.6) is 0 Å². The smallest absolute Gasteiger partial charge is 0.00979 e. The Hall–Kier alpha value is 0.700. The van der Waals surface area contributed by atoms with Gasteiger partial charge in [0.1, 0.15) is 0 Å². The minimum atomic E-state index is 1.07. The van der Waals surface area contributed by atoms with Gasteiger partial charge in [-0.15, -0.1) is 0 Å². The van der Waals surface area contributed by atoms with E-state index in [1.165, 1.54) is 116 Å². The molecule has 0 radical (unpaired) electrons. The number of thiol groups is 2. The first-order chi connectivity index (χ1) is 11.8. The molecule has 0 saturated carbocycles. The molecule has 0 aliphatic carbocycles. The van der Waals surface area contributed by atoms with E-state index in [0.29, 0.717) is 0 Å². The molecule has 0 heterocycles. The summed E-state index contributed by atoms with van der Waals surface area (Å²) in [5, 5.41) is 0. The summed E-state index contributed by atoms with van der Waals surface area (Å²) >= 11 is 8.38. The maximum Gasteiger partial charge on any atom is -0.00979 e. The van der Waals surface area contributed by atoms with Gasteiger partial charge >= 0.3 is 0 Å². The van der Waals surface area contributed by atoms with Crippen molar-refractivity contribution < 1.29 is 0 Å². The van der Waals surface area contributed by atoms with Crippen LogP contribution in [0.2, 0.25) is 0 Å². The molecule has 2 heteroatoms. The van der Waals surface area contributed by atoms with Crippen molar-refractivity contribution in [2.24, 2.45) is 0 Å². The number of rotatable bonds is 18. The van der Waals surface area contributed by atoms with Gasteiger partial charge in [0.2, 0.25) is 0 Å². The Kier molecular flexibility index (Phi) is 32.0. The molecule has 0 aliphatic heterocycles. The van der Waals surface area contributed by atoms with Gasteiger partial charge in [0, 0.05) is 0 Å². The molecule has 0 aromatic carbocycles. The molecule has 0 aliphatic rings. The average Bonchev–Trinajstić information content (AvgIpc) is 2.60. The minimum absolute atomic E-state index is 1.07. The monoisotopic (exact) mass is 376 g/mol. The third-order valence-electron chi connectivity index (χ3n) is 4.52. The van der Waals surface area contributed by atoms with Crippen molar-refractivity contribution in [1.29, 1.82) is 0 Å². The maximum atomic E-state index is 4.19. The van der Waals surface area contributed by atoms with Crippen molar-refractivity contribution in [3.8, 4) is 0 Å². The molecule has 0 fully saturated rings. The largest absolute Gasteiger partial charge is 0.179 e. The highest BCUT2D eigenvalue weighted by Gasteiger charge is 1.91. The summed E-state index contributed by atoms with van der Waals surface area (Å²) in [4.78, 5) is 0. The van der Waals surface area contributed by atoms with Crippen LogP contribution in [-0.4, -0.2) is 11.5 Å². The summed E-state index contributed by atoms with van der Waals surface area (Å²) in [5.74, 6) is 2.13. The fraction of sp³-hybridized carbons (Fsp3) is 1.00. The number of hydrogen-bond donors (Lipinski definition) is 2. The maximum absolute atomic E-state index is 4.19. The standard InChI is InChI=1S/2C11H24S/c2*1-2-3-4-5-6-7-8-9-10-11-12/h2*12H,2-11H2,1H3. The highest BCUT2D eigenvalue weighted by molar-refractivity contribution is 7.80. The van der Waals surface area contributed by atoms with Gasteiger partial charge in [-0.25, -0.2) is 0 Å². The lowest BCUT2D eigenvalue weighted by Gasteiger charge is -1.99. The van der Waals surface area contributed by atoms with Crippen LogP contribution >= 0.6 is 25.3 Å². The van der Waals surface area contributed by atoms with E-state index in [1.54, 1.807) is 0 Å². The third-order valence-corrected chi connectivity index (χ3v) is 5.16. The topological polar surface area (TPSA) is 0 Å². The van der Waals surface area contributed by atoms with Crippen molar-refractivity contribution in [1.82, 2.24) is 0 Å². The Morgan fingerprint density at radius 1 is 0.333 bits per heavy atom. The van der Waals surface area contributed by atoms with Gasteiger partial charge in [0.05, 0.1) is 0 Å². The number of hydrogen-bond acceptors (Lipinski definition) is 2. The lowest BCUT2D eigenvalue weighted by Crippen LogP contribution is -1.81. The molecule has 24 heavy (non-hydrogen) atoms. The lowest BCUT2D eigenvalue weighted by atomic mass is 10.1. The molecule has 0 rings (SSSR count). The van der Waals surface area contributed by atoms with Crippen LogP contribution in [0.25, 0.3) is 0 Å². The first-order valence-electron chi connectivity index (χ1n) is 11.0. The molecule has 0 N–H and O–H groups in total. The molecule has 0 nitrogen and oxygen atoms in total. The van der Waals surface area contributed by atoms with Gasteiger partial charge in [0.15, 0.2) is 0 Å². The van der Waals surface area contributed by atoms with Crippen LogP contribution in [0.15, 0.2) is 0 Å². The summed E-state index contributed by atoms with van der Waals surface area (Å²) in [6.45, 7) is 4.54. The molecule has 0 aromatic heterocycles. The molecule has 0 saturated heterocycles. The zero-order valence-corrected chi connectivity index (χ0v) is 18.8. The molecule has 148 valence electrons. The van der Waals surface area contributed by atoms with Crippen LogP contribution in [0, 0.1) is 0 Å². The van der Waals surface area contributed by atoms with E-state index in [0.717, 1.165) is 11.5 Å². The Bertz CT molecular complexity index is 143. The van der Waals surface area contributed by atoms with Gasteiger partial charge in [0.25, 0.3) is 0 Å². The van der Waals surface area contributed by atoms with Crippen molar-refractivity contribution in [2.75, 3.05) is 11.5 Å². The Morgan fingerprint density at radius 3 is 0.750 bits per heavy atom. The molecular weight excluding hydrogens is 328 g/mol. The first-order valence-corrected chi connectivity index (χ1v) is 12.3. The molecular formula is C22H48S2. The molecule has 0 atom stereocenters. The lowest BCUT2D eigenvalue weighted by molar-refractivity contribution is 0.573. The van der Waals surface area contributed by atoms with Gasteiger partial charge < -0.3 is 0 Å². The summed E-state index contributed by atoms with van der Waals surface area (Å²) in [5.41, 5.74) is 0. The quantitative estimate of drug-likeness (QED) is 0.173. The second kappa shape index (κ2) is 28.5. The van der Waals surface area contributed by atoms with Crippen LogP contribution in [0.3, 0.4) is 0 Å². The van der Waals surface area contributed by atoms with E-state index >= 15 is 0 Å². The Balaban J connectivity index is 0. The summed E-state index contributed by atoms with van der Waals surface area (Å²) in [6, 6.07) is 0. The SMILES string of the molecule is CCCCCCCCCCCS.CCCCCCCCCCCS. The number of unbranched alkanes of at least 4 members (excludes halogenated alkanes) is 16. The van der Waals surface area contributed by atoms with Crippen LogP contribution in [-0.2, 0) is 0 Å². The normalized spacial score (nSPS) is 10.5. The molecule has 0 bridgehead atoms. The fourth-order valence-electron chi connectivity index (χ4n) is 2.84. The summed E-state index contributed by atoms with van der Waals surface area (Å²) in [7, 11) is 0. The van der Waals surface area contributed by atoms with Crippen molar-refractivity contribution in [3.05, 3.63) is 0 Å². The third kappa shape index (κ3) is 30.6. The summed E-state index contributed by atoms with van der Waals surface area (Å²) < 4.78 is 0. The van der Waals surface area contributed by atoms with E-state index in [-0.39, 0.29) is 0 Å². The van der Waals surface area contributed by atoms with Crippen molar-refractivity contribution in [3.63, 3.8) is 0 Å². The van der Waals surface area contributed by atoms with Crippen LogP contribution < -0.4 is 0 Å². The van der Waals surface area contributed by atoms with E-state index < -0.39 is 0 Å². The minimum Gasteiger partial charge on any atom is -0.179 e. The van der Waals surface area contributed by atoms with E-state index in [1.807, 2.05) is 0 Å². The van der Waals surface area contributed by atoms with Gasteiger partial charge in [-0.3, -0.25) is 0 Å².